The van der Waals surface area contributed by atoms with Crippen LogP contribution in [0.25, 0.3) is 0 Å². The Bertz CT molecular complexity index is 645. The maximum absolute atomic E-state index is 11.9. The Hall–Kier alpha value is -2.39. The molecule has 0 saturated carbocycles. The molecule has 0 aromatic heterocycles. The first-order valence-corrected chi connectivity index (χ1v) is 9.77. The zero-order chi connectivity index (χ0) is 23.3. The van der Waals surface area contributed by atoms with Crippen LogP contribution in [0.15, 0.2) is 66.1 Å². The van der Waals surface area contributed by atoms with Crippen molar-refractivity contribution >= 4 is 22.5 Å². The molecule has 1 atom stereocenters. The van der Waals surface area contributed by atoms with Gasteiger partial charge in [-0.05, 0) is 25.1 Å². The van der Waals surface area contributed by atoms with Gasteiger partial charge in [0.1, 0.15) is 6.54 Å². The molecule has 166 valence electrons. The van der Waals surface area contributed by atoms with Crippen molar-refractivity contribution < 1.29 is 32.0 Å². The van der Waals surface area contributed by atoms with Gasteiger partial charge in [0, 0.05) is 41.7 Å². The summed E-state index contributed by atoms with van der Waals surface area (Å²) in [5.74, 6) is -0.245. The van der Waals surface area contributed by atoms with E-state index in [1.807, 2.05) is 31.2 Å². The van der Waals surface area contributed by atoms with Crippen molar-refractivity contribution in [1.29, 1.82) is 0 Å². The molecule has 0 aliphatic rings. The number of methoxy groups -OCH3 is 1. The molecular weight excluding hydrogens is 407 g/mol. The molecule has 0 bridgehead atoms. The number of rotatable bonds is 5. The van der Waals surface area contributed by atoms with E-state index >= 15 is 0 Å². The van der Waals surface area contributed by atoms with Gasteiger partial charge in [0.15, 0.2) is 0 Å². The Morgan fingerprint density at radius 1 is 1.28 bits per heavy atom. The monoisotopic (exact) mass is 437 g/mol. The number of allylic oxidation sites excluding steroid dienone is 5. The number of carbonyl (C=O) groups excluding carboxylic acids is 1. The molecule has 0 aliphatic carbocycles. The first kappa shape index (κ1) is 31.3. The van der Waals surface area contributed by atoms with Crippen molar-refractivity contribution in [1.82, 2.24) is 0 Å². The predicted octanol–water partition coefficient (Wildman–Crippen LogP) is 4.49. The number of esters is 1. The lowest BCUT2D eigenvalue weighted by atomic mass is 10.3. The molecule has 0 saturated heterocycles. The van der Waals surface area contributed by atoms with Crippen molar-refractivity contribution in [3.05, 3.63) is 61.2 Å². The van der Waals surface area contributed by atoms with Gasteiger partial charge in [-0.3, -0.25) is 9.00 Å². The van der Waals surface area contributed by atoms with Crippen molar-refractivity contribution in [2.45, 2.75) is 24.9 Å². The number of aliphatic hydroxyl groups excluding tert-OH is 1. The van der Waals surface area contributed by atoms with Gasteiger partial charge in [-0.2, -0.15) is 13.2 Å². The van der Waals surface area contributed by atoms with Gasteiger partial charge in [0.2, 0.25) is 0 Å². The van der Waals surface area contributed by atoms with Gasteiger partial charge < -0.3 is 15.2 Å². The summed E-state index contributed by atoms with van der Waals surface area (Å²) in [4.78, 5) is 10.1. The number of aliphatic hydroxyl groups is 1. The Kier molecular flexibility index (Phi) is 22.0. The molecule has 29 heavy (non-hydrogen) atoms. The summed E-state index contributed by atoms with van der Waals surface area (Å²) >= 11 is 0. The lowest BCUT2D eigenvalue weighted by Crippen LogP contribution is -2.21. The summed E-state index contributed by atoms with van der Waals surface area (Å²) in [7, 11) is 1.16. The third-order valence-electron chi connectivity index (χ3n) is 2.50. The van der Waals surface area contributed by atoms with Crippen LogP contribution in [0, 0.1) is 0 Å². The van der Waals surface area contributed by atoms with Crippen molar-refractivity contribution in [2.24, 2.45) is 0 Å². The van der Waals surface area contributed by atoms with Gasteiger partial charge >= 0.3 is 12.1 Å². The molecule has 2 N–H and O–H groups in total. The summed E-state index contributed by atoms with van der Waals surface area (Å²) < 4.78 is 50.8. The first-order valence-electron chi connectivity index (χ1n) is 8.21. The Labute approximate surface area is 173 Å². The number of nitrogens with one attached hydrogen (secondary N) is 1. The highest BCUT2D eigenvalue weighted by molar-refractivity contribution is 7.84. The molecule has 0 fully saturated rings. The Morgan fingerprint density at radius 2 is 1.83 bits per heavy atom. The number of halogens is 3. The normalized spacial score (nSPS) is 11.1. The average molecular weight is 438 g/mol. The fraction of sp³-hybridized carbons (Fsp3) is 0.350. The number of alkyl halides is 3. The highest BCUT2D eigenvalue weighted by Gasteiger charge is 2.26. The van der Waals surface area contributed by atoms with E-state index in [1.54, 1.807) is 18.2 Å². The number of hydrogen-bond donors (Lipinski definition) is 2. The third kappa shape index (κ3) is 25.6. The largest absolute Gasteiger partial charge is 0.469 e. The standard InChI is InChI=1S/C9H10F3NOS.C7H10.C3H6O2.CH4O/c1-15(14)8-4-2-3-7(5-8)13-6-9(10,11)12;1-3-5-7-6-4-2;1-3(4)5-2;1-2/h2-5,13H,6H2,1H3;3-7H,1H2,2H3;1-2H3;2H,1H3/b;6-4-,7-5-;;. The molecule has 9 heteroatoms. The average Bonchev–Trinajstić information content (AvgIpc) is 2.69. The SMILES string of the molecule is C=C/C=C\C=C/C.CO.COC(C)=O.CS(=O)c1cccc(NCC(F)(F)F)c1. The summed E-state index contributed by atoms with van der Waals surface area (Å²) in [5.41, 5.74) is 0.319. The fourth-order valence-corrected chi connectivity index (χ4v) is 1.80. The fourth-order valence-electron chi connectivity index (χ4n) is 1.24. The van der Waals surface area contributed by atoms with Crippen LogP contribution in [0.5, 0.6) is 0 Å². The van der Waals surface area contributed by atoms with E-state index in [4.69, 9.17) is 5.11 Å². The van der Waals surface area contributed by atoms with Crippen LogP contribution in [0.4, 0.5) is 18.9 Å². The minimum Gasteiger partial charge on any atom is -0.469 e. The lowest BCUT2D eigenvalue weighted by molar-refractivity contribution is -0.137. The highest BCUT2D eigenvalue weighted by Crippen LogP contribution is 2.18. The molecule has 0 spiro atoms. The van der Waals surface area contributed by atoms with Crippen LogP contribution in [0.3, 0.4) is 0 Å². The summed E-state index contributed by atoms with van der Waals surface area (Å²) in [5, 5.41) is 9.22. The van der Waals surface area contributed by atoms with E-state index in [0.29, 0.717) is 10.6 Å². The molecule has 0 aliphatic heterocycles. The minimum atomic E-state index is -4.25. The van der Waals surface area contributed by atoms with E-state index in [9.17, 15) is 22.2 Å². The maximum atomic E-state index is 11.9. The number of anilines is 1. The van der Waals surface area contributed by atoms with E-state index in [0.717, 1.165) is 7.11 Å². The van der Waals surface area contributed by atoms with Crippen LogP contribution in [0.2, 0.25) is 0 Å². The van der Waals surface area contributed by atoms with E-state index in [2.05, 4.69) is 16.6 Å². The quantitative estimate of drug-likeness (QED) is 0.524. The molecule has 5 nitrogen and oxygen atoms in total. The Balaban J connectivity index is -0.000000402. The van der Waals surface area contributed by atoms with E-state index in [-0.39, 0.29) is 5.97 Å². The number of carbonyl (C=O) groups is 1. The van der Waals surface area contributed by atoms with Gasteiger partial charge in [0.25, 0.3) is 0 Å². The van der Waals surface area contributed by atoms with Crippen LogP contribution >= 0.6 is 0 Å². The number of hydrogen-bond acceptors (Lipinski definition) is 5. The van der Waals surface area contributed by atoms with Gasteiger partial charge in [0.05, 0.1) is 7.11 Å². The number of benzene rings is 1. The minimum absolute atomic E-state index is 0.245. The first-order chi connectivity index (χ1) is 13.6. The second-order valence-electron chi connectivity index (χ2n) is 4.79. The zero-order valence-corrected chi connectivity index (χ0v) is 18.1. The third-order valence-corrected chi connectivity index (χ3v) is 3.41. The van der Waals surface area contributed by atoms with Crippen LogP contribution in [-0.4, -0.2) is 48.5 Å². The lowest BCUT2D eigenvalue weighted by Gasteiger charge is -2.09. The van der Waals surface area contributed by atoms with E-state index < -0.39 is 23.5 Å². The van der Waals surface area contributed by atoms with Gasteiger partial charge in [-0.25, -0.2) is 0 Å². The molecule has 1 unspecified atom stereocenters. The van der Waals surface area contributed by atoms with Crippen molar-refractivity contribution in [3.63, 3.8) is 0 Å². The molecule has 1 aromatic rings. The maximum Gasteiger partial charge on any atom is 0.405 e. The highest BCUT2D eigenvalue weighted by atomic mass is 32.2. The predicted molar refractivity (Wildman–Crippen MR) is 113 cm³/mol. The zero-order valence-electron chi connectivity index (χ0n) is 17.3. The molecule has 1 rings (SSSR count). The number of ether oxygens (including phenoxy) is 1. The smallest absolute Gasteiger partial charge is 0.405 e. The topological polar surface area (TPSA) is 75.6 Å². The van der Waals surface area contributed by atoms with Crippen molar-refractivity contribution in [2.75, 3.05) is 32.3 Å². The van der Waals surface area contributed by atoms with Crippen LogP contribution < -0.4 is 5.32 Å². The van der Waals surface area contributed by atoms with Crippen LogP contribution in [0.1, 0.15) is 13.8 Å². The molecule has 0 amide bonds. The summed E-state index contributed by atoms with van der Waals surface area (Å²) in [6, 6.07) is 6.12. The summed E-state index contributed by atoms with van der Waals surface area (Å²) in [6.07, 6.45) is 6.74. The van der Waals surface area contributed by atoms with Crippen molar-refractivity contribution in [3.8, 4) is 0 Å². The molecule has 0 heterocycles. The Morgan fingerprint density at radius 3 is 2.21 bits per heavy atom. The molecule has 1 aromatic carbocycles. The molecular formula is C20H30F3NO4S. The van der Waals surface area contributed by atoms with Crippen LogP contribution in [-0.2, 0) is 20.3 Å². The van der Waals surface area contributed by atoms with Gasteiger partial charge in [-0.15, -0.1) is 0 Å². The second kappa shape index (κ2) is 20.3. The van der Waals surface area contributed by atoms with E-state index in [1.165, 1.54) is 32.4 Å². The second-order valence-corrected chi connectivity index (χ2v) is 6.17. The van der Waals surface area contributed by atoms with Gasteiger partial charge in [-0.1, -0.05) is 43.0 Å². The molecule has 0 radical (unpaired) electrons. The summed E-state index contributed by atoms with van der Waals surface area (Å²) in [6.45, 7) is 5.76.